The number of aromatic nitrogens is 1. The van der Waals surface area contributed by atoms with Crippen LogP contribution in [0.3, 0.4) is 0 Å². The van der Waals surface area contributed by atoms with Gasteiger partial charge in [0.25, 0.3) is 13.4 Å². The maximum absolute atomic E-state index is 7.93. The molecule has 408 valence electrons. The maximum Gasteiger partial charge on any atom is 0.256 e. The molecule has 4 nitrogen and oxygen atoms in total. The first-order chi connectivity index (χ1) is 39.8. The van der Waals surface area contributed by atoms with Gasteiger partial charge in [-0.1, -0.05) is 192 Å². The van der Waals surface area contributed by atoms with E-state index in [4.69, 9.17) is 9.47 Å². The molecule has 14 rings (SSSR count). The van der Waals surface area contributed by atoms with Crippen molar-refractivity contribution in [3.05, 3.63) is 191 Å². The van der Waals surface area contributed by atoms with Crippen molar-refractivity contribution < 1.29 is 9.47 Å². The van der Waals surface area contributed by atoms with Gasteiger partial charge >= 0.3 is 0 Å². The third-order valence-electron chi connectivity index (χ3n) is 20.1. The molecule has 5 heterocycles. The Morgan fingerprint density at radius 3 is 1.38 bits per heavy atom. The molecule has 0 saturated heterocycles. The molecule has 10 aromatic rings. The molecule has 4 atom stereocenters. The third kappa shape index (κ3) is 8.01. The van der Waals surface area contributed by atoms with E-state index in [1.165, 1.54) is 105 Å². The maximum atomic E-state index is 7.93. The van der Waals surface area contributed by atoms with Crippen LogP contribution in [0.25, 0.3) is 49.7 Å². The van der Waals surface area contributed by atoms with E-state index < -0.39 is 0 Å². The SMILES string of the molecule is CCC(C)c1ccc(N2c3ccc(C(C)CC)cc3B3c4cc(-c5ccc(C(C)C)cc5)ccc4Oc4c3c2c2c3c4-n4c5ccc(C(C)CC)cc5c5cc(C(C)CC)cc(c54)B3c3cc(-c4ccc(C(C)C)cc4)ccc3O2)cc1. The molecule has 0 bridgehead atoms. The summed E-state index contributed by atoms with van der Waals surface area (Å²) in [4.78, 5) is 2.56. The number of benzene rings is 9. The highest BCUT2D eigenvalue weighted by molar-refractivity contribution is 7.02. The van der Waals surface area contributed by atoms with Gasteiger partial charge in [-0.15, -0.1) is 0 Å². The molecular formula is C76H76B2N2O2. The first-order valence-electron chi connectivity index (χ1n) is 31.0. The molecule has 6 heteroatoms. The van der Waals surface area contributed by atoms with Crippen molar-refractivity contribution in [1.29, 1.82) is 0 Å². The molecule has 4 aliphatic heterocycles. The first kappa shape index (κ1) is 52.4. The van der Waals surface area contributed by atoms with Crippen LogP contribution < -0.4 is 47.2 Å². The van der Waals surface area contributed by atoms with Crippen molar-refractivity contribution in [3.63, 3.8) is 0 Å². The predicted octanol–water partition coefficient (Wildman–Crippen LogP) is 17.8. The van der Waals surface area contributed by atoms with Gasteiger partial charge in [0.2, 0.25) is 0 Å². The van der Waals surface area contributed by atoms with Crippen LogP contribution in [-0.4, -0.2) is 18.0 Å². The zero-order valence-electron chi connectivity index (χ0n) is 50.2. The Morgan fingerprint density at radius 2 is 0.817 bits per heavy atom. The van der Waals surface area contributed by atoms with Gasteiger partial charge in [-0.25, -0.2) is 0 Å². The lowest BCUT2D eigenvalue weighted by Gasteiger charge is -2.45. The Morgan fingerprint density at radius 1 is 0.378 bits per heavy atom. The van der Waals surface area contributed by atoms with Gasteiger partial charge in [0.15, 0.2) is 0 Å². The van der Waals surface area contributed by atoms with Gasteiger partial charge in [0.05, 0.1) is 16.9 Å². The van der Waals surface area contributed by atoms with Crippen molar-refractivity contribution in [1.82, 2.24) is 4.57 Å². The number of ether oxygens (including phenoxy) is 2. The summed E-state index contributed by atoms with van der Waals surface area (Å²) in [7, 11) is 0. The molecule has 1 aromatic heterocycles. The second kappa shape index (κ2) is 20.0. The fourth-order valence-corrected chi connectivity index (χ4v) is 14.2. The minimum absolute atomic E-state index is 0.175. The highest BCUT2D eigenvalue weighted by Crippen LogP contribution is 2.52. The summed E-state index contributed by atoms with van der Waals surface area (Å²) in [5.41, 5.74) is 27.1. The fourth-order valence-electron chi connectivity index (χ4n) is 14.2. The minimum Gasteiger partial charge on any atom is -0.456 e. The van der Waals surface area contributed by atoms with Gasteiger partial charge in [-0.3, -0.25) is 0 Å². The Kier molecular flexibility index (Phi) is 12.8. The average molecular weight is 1070 g/mol. The molecule has 4 aliphatic rings. The number of hydrogen-bond donors (Lipinski definition) is 0. The molecule has 0 radical (unpaired) electrons. The molecule has 9 aromatic carbocycles. The monoisotopic (exact) mass is 1070 g/mol. The normalized spacial score (nSPS) is 14.9. The van der Waals surface area contributed by atoms with Crippen molar-refractivity contribution in [2.75, 3.05) is 4.90 Å². The van der Waals surface area contributed by atoms with Gasteiger partial charge in [-0.05, 0) is 187 Å². The summed E-state index contributed by atoms with van der Waals surface area (Å²) >= 11 is 0. The van der Waals surface area contributed by atoms with Crippen LogP contribution in [0.4, 0.5) is 17.1 Å². The van der Waals surface area contributed by atoms with E-state index in [2.05, 4.69) is 250 Å². The summed E-state index contributed by atoms with van der Waals surface area (Å²) < 4.78 is 18.5. The zero-order valence-corrected chi connectivity index (χ0v) is 50.2. The third-order valence-corrected chi connectivity index (χ3v) is 20.1. The van der Waals surface area contributed by atoms with Crippen molar-refractivity contribution in [3.8, 4) is 50.9 Å². The average Bonchev–Trinajstić information content (AvgIpc) is 1.18. The molecule has 82 heavy (non-hydrogen) atoms. The van der Waals surface area contributed by atoms with Crippen LogP contribution in [0, 0.1) is 0 Å². The molecule has 4 unspecified atom stereocenters. The van der Waals surface area contributed by atoms with Crippen molar-refractivity contribution in [2.45, 2.75) is 144 Å². The van der Waals surface area contributed by atoms with Gasteiger partial charge in [0, 0.05) is 38.6 Å². The van der Waals surface area contributed by atoms with E-state index in [1.54, 1.807) is 0 Å². The Labute approximate surface area is 487 Å². The summed E-state index contributed by atoms with van der Waals surface area (Å²) in [6.45, 7) is 27.5. The topological polar surface area (TPSA) is 26.6 Å². The fraction of sp³-hybridized carbons (Fsp3) is 0.289. The Hall–Kier alpha value is -7.69. The van der Waals surface area contributed by atoms with Crippen LogP contribution in [0.15, 0.2) is 158 Å². The zero-order chi connectivity index (χ0) is 56.6. The number of rotatable bonds is 13. The summed E-state index contributed by atoms with van der Waals surface area (Å²) in [5, 5.41) is 2.61. The van der Waals surface area contributed by atoms with E-state index >= 15 is 0 Å². The van der Waals surface area contributed by atoms with Gasteiger partial charge in [-0.2, -0.15) is 0 Å². The lowest BCUT2D eigenvalue weighted by Crippen LogP contribution is -2.63. The second-order valence-corrected chi connectivity index (χ2v) is 25.4. The van der Waals surface area contributed by atoms with Crippen LogP contribution in [0.5, 0.6) is 23.0 Å². The quantitative estimate of drug-likeness (QED) is 0.108. The molecule has 0 spiro atoms. The van der Waals surface area contributed by atoms with Gasteiger partial charge < -0.3 is 18.9 Å². The number of anilines is 3. The summed E-state index contributed by atoms with van der Waals surface area (Å²) in [6.07, 6.45) is 4.25. The molecular weight excluding hydrogens is 994 g/mol. The van der Waals surface area contributed by atoms with Crippen LogP contribution >= 0.6 is 0 Å². The highest BCUT2D eigenvalue weighted by atomic mass is 16.5. The molecule has 0 saturated carbocycles. The number of nitrogens with zero attached hydrogens (tertiary/aromatic N) is 2. The predicted molar refractivity (Wildman–Crippen MR) is 352 cm³/mol. The Bertz CT molecular complexity index is 4190. The van der Waals surface area contributed by atoms with E-state index in [0.29, 0.717) is 35.5 Å². The molecule has 0 amide bonds. The molecule has 0 N–H and O–H groups in total. The Balaban J connectivity index is 1.14. The van der Waals surface area contributed by atoms with E-state index in [0.717, 1.165) is 76.7 Å². The van der Waals surface area contributed by atoms with Crippen molar-refractivity contribution in [2.24, 2.45) is 0 Å². The number of fused-ring (bicyclic) bond motifs is 13. The minimum atomic E-state index is -0.178. The lowest BCUT2D eigenvalue weighted by molar-refractivity contribution is 0.475. The summed E-state index contributed by atoms with van der Waals surface area (Å²) in [5.74, 6) is 6.13. The molecule has 0 fully saturated rings. The van der Waals surface area contributed by atoms with Crippen molar-refractivity contribution >= 4 is 85.1 Å². The summed E-state index contributed by atoms with van der Waals surface area (Å²) in [6, 6.07) is 61.7. The smallest absolute Gasteiger partial charge is 0.256 e. The van der Waals surface area contributed by atoms with E-state index in [-0.39, 0.29) is 13.4 Å². The molecule has 0 aliphatic carbocycles. The standard InChI is InChI=1S/C76H76B2N2O2/c1-13-45(9)51-25-31-59(32-26-51)79-67-34-28-55(47(11)15-3)39-62(67)77-63-40-56(52-21-17-49(18-22-52)43(5)6)29-35-68(63)82-76-70(77)73(79)75-71-74(76)80-66-33-27-54(46(10)14-2)37-60(66)61-38-58(48(12)16-4)42-65(72(61)80)78(71)64-41-57(30-36-69(64)81-75)53-23-19-50(20-24-53)44(7)8/h17-48H,13-16H2,1-12H3. The van der Waals surface area contributed by atoms with Crippen LogP contribution in [0.2, 0.25) is 0 Å². The van der Waals surface area contributed by atoms with E-state index in [9.17, 15) is 0 Å². The lowest BCUT2D eigenvalue weighted by atomic mass is 9.31. The largest absolute Gasteiger partial charge is 0.456 e. The highest BCUT2D eigenvalue weighted by Gasteiger charge is 2.52. The first-order valence-corrected chi connectivity index (χ1v) is 31.0. The van der Waals surface area contributed by atoms with E-state index in [1.807, 2.05) is 0 Å². The van der Waals surface area contributed by atoms with Crippen LogP contribution in [-0.2, 0) is 0 Å². The second-order valence-electron chi connectivity index (χ2n) is 25.4. The van der Waals surface area contributed by atoms with Gasteiger partial charge in [0.1, 0.15) is 23.0 Å². The number of hydrogen-bond acceptors (Lipinski definition) is 3. The van der Waals surface area contributed by atoms with Crippen LogP contribution in [0.1, 0.15) is 178 Å².